The standard InChI is InChI=1S/C15H13F2NO4/c16-10-2-3-11(13(17)8-10)9-1-4-14(21-5-6-22-18)12(7-9)15(19)20/h1-4,7-8H,5-6,18H2,(H,19,20). The van der Waals surface area contributed by atoms with Crippen LogP contribution < -0.4 is 10.6 Å². The summed E-state index contributed by atoms with van der Waals surface area (Å²) in [6.45, 7) is 0.161. The van der Waals surface area contributed by atoms with Crippen molar-refractivity contribution >= 4 is 5.97 Å². The van der Waals surface area contributed by atoms with Crippen LogP contribution in [0.4, 0.5) is 8.78 Å². The van der Waals surface area contributed by atoms with E-state index in [1.54, 1.807) is 0 Å². The van der Waals surface area contributed by atoms with Crippen LogP contribution >= 0.6 is 0 Å². The molecule has 2 rings (SSSR count). The molecule has 0 unspecified atom stereocenters. The van der Waals surface area contributed by atoms with E-state index in [2.05, 4.69) is 4.84 Å². The molecule has 5 nitrogen and oxygen atoms in total. The van der Waals surface area contributed by atoms with Crippen molar-refractivity contribution in [1.82, 2.24) is 0 Å². The maximum Gasteiger partial charge on any atom is 0.339 e. The summed E-state index contributed by atoms with van der Waals surface area (Å²) in [5.74, 6) is 2.25. The van der Waals surface area contributed by atoms with E-state index in [-0.39, 0.29) is 30.1 Å². The summed E-state index contributed by atoms with van der Waals surface area (Å²) in [7, 11) is 0. The summed E-state index contributed by atoms with van der Waals surface area (Å²) in [5.41, 5.74) is 0.260. The molecule has 0 fully saturated rings. The van der Waals surface area contributed by atoms with Gasteiger partial charge >= 0.3 is 5.97 Å². The Kier molecular flexibility index (Phi) is 5.03. The summed E-state index contributed by atoms with van der Waals surface area (Å²) in [5, 5.41) is 9.22. The van der Waals surface area contributed by atoms with Gasteiger partial charge in [-0.2, -0.15) is 0 Å². The highest BCUT2D eigenvalue weighted by molar-refractivity contribution is 5.92. The molecule has 3 N–H and O–H groups in total. The van der Waals surface area contributed by atoms with Crippen LogP contribution in [-0.4, -0.2) is 24.3 Å². The van der Waals surface area contributed by atoms with Crippen LogP contribution in [0.3, 0.4) is 0 Å². The van der Waals surface area contributed by atoms with Crippen molar-refractivity contribution in [2.45, 2.75) is 0 Å². The number of ether oxygens (including phenoxy) is 1. The summed E-state index contributed by atoms with van der Waals surface area (Å²) < 4.78 is 31.9. The quantitative estimate of drug-likeness (QED) is 0.633. The smallest absolute Gasteiger partial charge is 0.339 e. The van der Waals surface area contributed by atoms with Crippen molar-refractivity contribution < 1.29 is 28.3 Å². The summed E-state index contributed by atoms with van der Waals surface area (Å²) in [6, 6.07) is 7.23. The van der Waals surface area contributed by atoms with Crippen molar-refractivity contribution in [3.63, 3.8) is 0 Å². The van der Waals surface area contributed by atoms with Crippen LogP contribution in [0.25, 0.3) is 11.1 Å². The minimum absolute atomic E-state index is 0.0705. The van der Waals surface area contributed by atoms with Crippen molar-refractivity contribution in [1.29, 1.82) is 0 Å². The third-order valence-electron chi connectivity index (χ3n) is 2.91. The minimum atomic E-state index is -1.23. The number of carboxylic acids is 1. The number of hydrogen-bond acceptors (Lipinski definition) is 4. The number of benzene rings is 2. The van der Waals surface area contributed by atoms with Gasteiger partial charge in [0.25, 0.3) is 0 Å². The first-order chi connectivity index (χ1) is 10.5. The second-order valence-corrected chi connectivity index (χ2v) is 4.36. The lowest BCUT2D eigenvalue weighted by atomic mass is 10.0. The predicted octanol–water partition coefficient (Wildman–Crippen LogP) is 2.60. The normalized spacial score (nSPS) is 10.5. The fourth-order valence-corrected chi connectivity index (χ4v) is 1.91. The Morgan fingerprint density at radius 2 is 1.91 bits per heavy atom. The number of carbonyl (C=O) groups is 1. The molecule has 0 bridgehead atoms. The van der Waals surface area contributed by atoms with Gasteiger partial charge < -0.3 is 14.7 Å². The zero-order chi connectivity index (χ0) is 16.1. The molecule has 0 atom stereocenters. The number of nitrogens with two attached hydrogens (primary N) is 1. The van der Waals surface area contributed by atoms with E-state index in [9.17, 15) is 18.7 Å². The Morgan fingerprint density at radius 1 is 1.14 bits per heavy atom. The van der Waals surface area contributed by atoms with Crippen molar-refractivity contribution in [2.24, 2.45) is 5.90 Å². The molecule has 0 heterocycles. The van der Waals surface area contributed by atoms with Gasteiger partial charge in [-0.15, -0.1) is 0 Å². The van der Waals surface area contributed by atoms with Gasteiger partial charge in [0.2, 0.25) is 0 Å². The lowest BCUT2D eigenvalue weighted by molar-refractivity contribution is 0.0686. The fraction of sp³-hybridized carbons (Fsp3) is 0.133. The van der Waals surface area contributed by atoms with Crippen LogP contribution in [0.15, 0.2) is 36.4 Å². The van der Waals surface area contributed by atoms with Crippen LogP contribution in [0.5, 0.6) is 5.75 Å². The van der Waals surface area contributed by atoms with Gasteiger partial charge in [-0.05, 0) is 29.8 Å². The topological polar surface area (TPSA) is 81.8 Å². The molecule has 0 aliphatic carbocycles. The molecular formula is C15H13F2NO4. The molecule has 0 amide bonds. The highest BCUT2D eigenvalue weighted by Crippen LogP contribution is 2.29. The lowest BCUT2D eigenvalue weighted by Crippen LogP contribution is -2.12. The zero-order valence-corrected chi connectivity index (χ0v) is 11.4. The maximum absolute atomic E-state index is 13.8. The molecule has 22 heavy (non-hydrogen) atoms. The summed E-state index contributed by atoms with van der Waals surface area (Å²) in [4.78, 5) is 15.6. The molecule has 0 saturated heterocycles. The molecule has 0 spiro atoms. The van der Waals surface area contributed by atoms with Crippen LogP contribution in [0, 0.1) is 11.6 Å². The van der Waals surface area contributed by atoms with Crippen molar-refractivity contribution in [3.05, 3.63) is 53.6 Å². The first-order valence-electron chi connectivity index (χ1n) is 6.30. The zero-order valence-electron chi connectivity index (χ0n) is 11.4. The molecule has 7 heteroatoms. The first-order valence-corrected chi connectivity index (χ1v) is 6.30. The molecule has 116 valence electrons. The second-order valence-electron chi connectivity index (χ2n) is 4.36. The molecule has 2 aromatic rings. The third-order valence-corrected chi connectivity index (χ3v) is 2.91. The number of aromatic carboxylic acids is 1. The Bertz CT molecular complexity index is 691. The Labute approximate surface area is 124 Å². The molecule has 0 saturated carbocycles. The second kappa shape index (κ2) is 6.97. The fourth-order valence-electron chi connectivity index (χ4n) is 1.91. The Morgan fingerprint density at radius 3 is 2.55 bits per heavy atom. The molecule has 0 aliphatic heterocycles. The van der Waals surface area contributed by atoms with Crippen LogP contribution in [-0.2, 0) is 4.84 Å². The average molecular weight is 309 g/mol. The summed E-state index contributed by atoms with van der Waals surface area (Å²) in [6.07, 6.45) is 0. The average Bonchev–Trinajstić information content (AvgIpc) is 2.48. The monoisotopic (exact) mass is 309 g/mol. The van der Waals surface area contributed by atoms with Crippen molar-refractivity contribution in [3.8, 4) is 16.9 Å². The number of hydrogen-bond donors (Lipinski definition) is 2. The highest BCUT2D eigenvalue weighted by Gasteiger charge is 2.15. The van der Waals surface area contributed by atoms with Gasteiger partial charge in [0.15, 0.2) is 0 Å². The van der Waals surface area contributed by atoms with Gasteiger partial charge in [0.05, 0.1) is 0 Å². The van der Waals surface area contributed by atoms with E-state index in [1.165, 1.54) is 24.3 Å². The van der Waals surface area contributed by atoms with Gasteiger partial charge in [-0.25, -0.2) is 19.5 Å². The van der Waals surface area contributed by atoms with E-state index in [0.29, 0.717) is 5.56 Å². The molecular weight excluding hydrogens is 296 g/mol. The van der Waals surface area contributed by atoms with E-state index >= 15 is 0 Å². The van der Waals surface area contributed by atoms with Gasteiger partial charge in [0.1, 0.15) is 36.2 Å². The summed E-state index contributed by atoms with van der Waals surface area (Å²) >= 11 is 0. The van der Waals surface area contributed by atoms with Gasteiger partial charge in [0, 0.05) is 11.6 Å². The maximum atomic E-state index is 13.8. The number of halogens is 2. The SMILES string of the molecule is NOCCOc1ccc(-c2ccc(F)cc2F)cc1C(=O)O. The van der Waals surface area contributed by atoms with Crippen molar-refractivity contribution in [2.75, 3.05) is 13.2 Å². The van der Waals surface area contributed by atoms with Gasteiger partial charge in [-0.3, -0.25) is 0 Å². The van der Waals surface area contributed by atoms with E-state index < -0.39 is 17.6 Å². The van der Waals surface area contributed by atoms with E-state index in [1.807, 2.05) is 0 Å². The molecule has 0 aliphatic rings. The van der Waals surface area contributed by atoms with E-state index in [0.717, 1.165) is 12.1 Å². The Hall–Kier alpha value is -2.51. The first kappa shape index (κ1) is 15.9. The van der Waals surface area contributed by atoms with Crippen LogP contribution in [0.2, 0.25) is 0 Å². The molecule has 2 aromatic carbocycles. The Balaban J connectivity index is 2.38. The predicted molar refractivity (Wildman–Crippen MR) is 74.4 cm³/mol. The third kappa shape index (κ3) is 3.57. The van der Waals surface area contributed by atoms with Gasteiger partial charge in [-0.1, -0.05) is 6.07 Å². The molecule has 0 aromatic heterocycles. The number of carboxylic acid groups (broad SMARTS) is 1. The highest BCUT2D eigenvalue weighted by atomic mass is 19.1. The minimum Gasteiger partial charge on any atom is -0.490 e. The lowest BCUT2D eigenvalue weighted by Gasteiger charge is -2.11. The largest absolute Gasteiger partial charge is 0.490 e. The number of rotatable bonds is 6. The van der Waals surface area contributed by atoms with Crippen LogP contribution in [0.1, 0.15) is 10.4 Å². The molecule has 0 radical (unpaired) electrons. The van der Waals surface area contributed by atoms with E-state index in [4.69, 9.17) is 10.6 Å².